The van der Waals surface area contributed by atoms with Crippen molar-refractivity contribution in [2.75, 3.05) is 0 Å². The van der Waals surface area contributed by atoms with Crippen LogP contribution in [0.15, 0.2) is 67.0 Å². The van der Waals surface area contributed by atoms with Crippen LogP contribution in [0.4, 0.5) is 4.79 Å². The maximum absolute atomic E-state index is 13.2. The summed E-state index contributed by atoms with van der Waals surface area (Å²) in [6.07, 6.45) is 5.01. The van der Waals surface area contributed by atoms with E-state index in [1.165, 1.54) is 4.90 Å². The topological polar surface area (TPSA) is 67.2 Å². The van der Waals surface area contributed by atoms with Gasteiger partial charge < -0.3 is 5.32 Å². The molecule has 1 atom stereocenters. The summed E-state index contributed by atoms with van der Waals surface area (Å²) in [5.74, 6) is -0.159. The van der Waals surface area contributed by atoms with Gasteiger partial charge in [0, 0.05) is 12.4 Å². The van der Waals surface area contributed by atoms with Gasteiger partial charge in [0.15, 0.2) is 0 Å². The van der Waals surface area contributed by atoms with Gasteiger partial charge in [0.05, 0.1) is 12.2 Å². The monoisotopic (exact) mass is 358 g/mol. The van der Waals surface area contributed by atoms with Crippen molar-refractivity contribution in [2.24, 2.45) is 0 Å². The van der Waals surface area contributed by atoms with Crippen molar-refractivity contribution >= 4 is 11.9 Å². The number of benzene rings is 2. The van der Waals surface area contributed by atoms with Gasteiger partial charge in [0.25, 0.3) is 5.91 Å². The van der Waals surface area contributed by atoms with Crippen LogP contribution in [0.3, 0.4) is 0 Å². The van der Waals surface area contributed by atoms with Crippen LogP contribution in [0.1, 0.15) is 23.1 Å². The molecule has 1 N–H and O–H groups in total. The molecule has 1 spiro atoms. The number of carbonyl (C=O) groups excluding carboxylic acids is 2. The lowest BCUT2D eigenvalue weighted by Gasteiger charge is -2.22. The normalized spacial score (nSPS) is 21.0. The quantitative estimate of drug-likeness (QED) is 0.732. The molecule has 3 amide bonds. The summed E-state index contributed by atoms with van der Waals surface area (Å²) in [4.78, 5) is 27.1. The van der Waals surface area contributed by atoms with E-state index in [-0.39, 0.29) is 18.5 Å². The lowest BCUT2D eigenvalue weighted by atomic mass is 9.92. The Labute approximate surface area is 156 Å². The van der Waals surface area contributed by atoms with Gasteiger partial charge in [-0.2, -0.15) is 5.10 Å². The zero-order valence-corrected chi connectivity index (χ0v) is 14.6. The number of carbonyl (C=O) groups is 2. The zero-order valence-electron chi connectivity index (χ0n) is 14.6. The minimum atomic E-state index is -0.900. The lowest BCUT2D eigenvalue weighted by Crippen LogP contribution is -2.41. The van der Waals surface area contributed by atoms with E-state index in [1.54, 1.807) is 10.9 Å². The molecule has 6 nitrogen and oxygen atoms in total. The van der Waals surface area contributed by atoms with Crippen LogP contribution >= 0.6 is 0 Å². The molecule has 0 bridgehead atoms. The highest BCUT2D eigenvalue weighted by Gasteiger charge is 2.55. The highest BCUT2D eigenvalue weighted by molar-refractivity contribution is 6.08. The number of rotatable bonds is 3. The molecule has 27 heavy (non-hydrogen) atoms. The fraction of sp³-hybridized carbons (Fsp3) is 0.190. The maximum Gasteiger partial charge on any atom is 0.325 e. The van der Waals surface area contributed by atoms with Crippen LogP contribution in [0.2, 0.25) is 0 Å². The summed E-state index contributed by atoms with van der Waals surface area (Å²) in [5, 5.41) is 7.16. The van der Waals surface area contributed by atoms with Gasteiger partial charge in [-0.25, -0.2) is 9.48 Å². The molecule has 3 aromatic rings. The maximum atomic E-state index is 13.2. The summed E-state index contributed by atoms with van der Waals surface area (Å²) in [7, 11) is 0. The van der Waals surface area contributed by atoms with Crippen LogP contribution in [-0.4, -0.2) is 26.6 Å². The predicted molar refractivity (Wildman–Crippen MR) is 99.1 cm³/mol. The van der Waals surface area contributed by atoms with E-state index in [1.807, 2.05) is 60.8 Å². The van der Waals surface area contributed by atoms with Gasteiger partial charge >= 0.3 is 6.03 Å². The number of fused-ring (bicyclic) bond motifs is 2. The van der Waals surface area contributed by atoms with Gasteiger partial charge in [0.2, 0.25) is 0 Å². The van der Waals surface area contributed by atoms with Crippen molar-refractivity contribution in [3.8, 4) is 5.69 Å². The molecule has 6 heteroatoms. The zero-order chi connectivity index (χ0) is 18.4. The Kier molecular flexibility index (Phi) is 3.40. The second kappa shape index (κ2) is 5.81. The SMILES string of the molecule is O=C1NC2(CCc3ccccc32)C(=O)N1Cc1ccc(-n2cccn2)cc1. The highest BCUT2D eigenvalue weighted by atomic mass is 16.2. The van der Waals surface area contributed by atoms with E-state index in [9.17, 15) is 9.59 Å². The van der Waals surface area contributed by atoms with Crippen LogP contribution in [0, 0.1) is 0 Å². The summed E-state index contributed by atoms with van der Waals surface area (Å²) in [6, 6.07) is 17.1. The number of urea groups is 1. The second-order valence-electron chi connectivity index (χ2n) is 7.00. The number of nitrogens with one attached hydrogen (secondary N) is 1. The minimum absolute atomic E-state index is 0.159. The van der Waals surface area contributed by atoms with E-state index >= 15 is 0 Å². The molecule has 1 aromatic heterocycles. The third kappa shape index (κ3) is 2.37. The number of imide groups is 1. The summed E-state index contributed by atoms with van der Waals surface area (Å²) >= 11 is 0. The number of nitrogens with zero attached hydrogens (tertiary/aromatic N) is 3. The summed E-state index contributed by atoms with van der Waals surface area (Å²) in [5.41, 5.74) is 3.00. The Morgan fingerprint density at radius 3 is 2.63 bits per heavy atom. The van der Waals surface area contributed by atoms with E-state index in [0.29, 0.717) is 6.42 Å². The molecule has 0 radical (unpaired) electrons. The Balaban J connectivity index is 1.40. The minimum Gasteiger partial charge on any atom is -0.319 e. The van der Waals surface area contributed by atoms with Crippen molar-refractivity contribution in [2.45, 2.75) is 24.9 Å². The third-order valence-corrected chi connectivity index (χ3v) is 5.47. The smallest absolute Gasteiger partial charge is 0.319 e. The van der Waals surface area contributed by atoms with Crippen molar-refractivity contribution < 1.29 is 9.59 Å². The van der Waals surface area contributed by atoms with E-state index in [4.69, 9.17) is 0 Å². The Morgan fingerprint density at radius 2 is 1.85 bits per heavy atom. The average Bonchev–Trinajstić information content (AvgIpc) is 3.40. The molecule has 134 valence electrons. The fourth-order valence-electron chi connectivity index (χ4n) is 4.09. The average molecular weight is 358 g/mol. The van der Waals surface area contributed by atoms with Crippen LogP contribution in [0.5, 0.6) is 0 Å². The highest BCUT2D eigenvalue weighted by Crippen LogP contribution is 2.41. The van der Waals surface area contributed by atoms with Gasteiger partial charge in [0.1, 0.15) is 5.54 Å². The van der Waals surface area contributed by atoms with Crippen molar-refractivity contribution in [3.05, 3.63) is 83.7 Å². The molecule has 2 aromatic carbocycles. The van der Waals surface area contributed by atoms with E-state index in [2.05, 4.69) is 10.4 Å². The van der Waals surface area contributed by atoms with Crippen molar-refractivity contribution in [3.63, 3.8) is 0 Å². The van der Waals surface area contributed by atoms with Crippen LogP contribution < -0.4 is 5.32 Å². The predicted octanol–water partition coefficient (Wildman–Crippen LogP) is 2.77. The summed E-state index contributed by atoms with van der Waals surface area (Å²) in [6.45, 7) is 0.258. The van der Waals surface area contributed by atoms with Gasteiger partial charge in [-0.3, -0.25) is 9.69 Å². The van der Waals surface area contributed by atoms with Crippen molar-refractivity contribution in [1.29, 1.82) is 0 Å². The van der Waals surface area contributed by atoms with Crippen LogP contribution in [-0.2, 0) is 23.3 Å². The first-order chi connectivity index (χ1) is 13.2. The number of hydrogen-bond acceptors (Lipinski definition) is 3. The van der Waals surface area contributed by atoms with Gasteiger partial charge in [-0.15, -0.1) is 0 Å². The Morgan fingerprint density at radius 1 is 1.04 bits per heavy atom. The number of hydrogen-bond donors (Lipinski definition) is 1. The Hall–Kier alpha value is -3.41. The summed E-state index contributed by atoms with van der Waals surface area (Å²) < 4.78 is 1.77. The molecule has 1 aliphatic heterocycles. The van der Waals surface area contributed by atoms with Gasteiger partial charge in [-0.1, -0.05) is 36.4 Å². The molecule has 1 aliphatic carbocycles. The molecule has 1 fully saturated rings. The molecular weight excluding hydrogens is 340 g/mol. The number of aryl methyl sites for hydroxylation is 1. The Bertz CT molecular complexity index is 1030. The molecule has 1 saturated heterocycles. The first kappa shape index (κ1) is 15.8. The van der Waals surface area contributed by atoms with Crippen LogP contribution in [0.25, 0.3) is 5.69 Å². The number of amides is 3. The molecule has 2 aliphatic rings. The fourth-order valence-corrected chi connectivity index (χ4v) is 4.09. The van der Waals surface area contributed by atoms with Gasteiger partial charge in [-0.05, 0) is 47.7 Å². The molecule has 0 saturated carbocycles. The molecule has 5 rings (SSSR count). The first-order valence-corrected chi connectivity index (χ1v) is 8.99. The third-order valence-electron chi connectivity index (χ3n) is 5.47. The molecule has 1 unspecified atom stereocenters. The lowest BCUT2D eigenvalue weighted by molar-refractivity contribution is -0.132. The van der Waals surface area contributed by atoms with E-state index in [0.717, 1.165) is 28.8 Å². The standard InChI is InChI=1S/C21H18N4O2/c26-19-21(11-10-16-4-1-2-5-18(16)21)23-20(27)24(19)14-15-6-8-17(9-7-15)25-13-3-12-22-25/h1-9,12-13H,10-11,14H2,(H,23,27). The first-order valence-electron chi connectivity index (χ1n) is 8.99. The molecule has 2 heterocycles. The molecular formula is C21H18N4O2. The van der Waals surface area contributed by atoms with E-state index < -0.39 is 5.54 Å². The largest absolute Gasteiger partial charge is 0.325 e. The number of aromatic nitrogens is 2. The van der Waals surface area contributed by atoms with Crippen molar-refractivity contribution in [1.82, 2.24) is 20.0 Å². The second-order valence-corrected chi connectivity index (χ2v) is 7.00.